The maximum atomic E-state index is 12.0. The van der Waals surface area contributed by atoms with E-state index >= 15 is 0 Å². The van der Waals surface area contributed by atoms with E-state index in [4.69, 9.17) is 4.74 Å². The molecule has 0 radical (unpaired) electrons. The van der Waals surface area contributed by atoms with Crippen LogP contribution in [0.25, 0.3) is 10.9 Å². The highest BCUT2D eigenvalue weighted by Crippen LogP contribution is 2.19. The number of nitrogens with one attached hydrogen (secondary N) is 2. The number of carbonyl (C=O) groups is 1. The van der Waals surface area contributed by atoms with Gasteiger partial charge in [0.25, 0.3) is 0 Å². The van der Waals surface area contributed by atoms with Crippen molar-refractivity contribution in [3.8, 4) is 5.88 Å². The molecule has 1 aromatic carbocycles. The van der Waals surface area contributed by atoms with E-state index in [1.165, 1.54) is 10.9 Å². The molecule has 0 saturated carbocycles. The Morgan fingerprint density at radius 3 is 3.04 bits per heavy atom. The third-order valence-electron chi connectivity index (χ3n) is 4.02. The summed E-state index contributed by atoms with van der Waals surface area (Å²) in [6, 6.07) is 11.9. The summed E-state index contributed by atoms with van der Waals surface area (Å²) in [7, 11) is 1.58. The molecule has 0 saturated heterocycles. The summed E-state index contributed by atoms with van der Waals surface area (Å²) in [5, 5.41) is 4.18. The molecule has 3 aromatic rings. The number of rotatable bonds is 7. The molecule has 0 fully saturated rings. The monoisotopic (exact) mass is 323 g/mol. The highest BCUT2D eigenvalue weighted by atomic mass is 16.5. The first kappa shape index (κ1) is 16.1. The number of H-pyrrole nitrogens is 1. The van der Waals surface area contributed by atoms with Crippen LogP contribution in [0.1, 0.15) is 24.0 Å². The normalized spacial score (nSPS) is 10.7. The summed E-state index contributed by atoms with van der Waals surface area (Å²) in [5.41, 5.74) is 3.38. The van der Waals surface area contributed by atoms with Gasteiger partial charge in [-0.25, -0.2) is 4.98 Å². The second kappa shape index (κ2) is 7.64. The van der Waals surface area contributed by atoms with Crippen molar-refractivity contribution in [3.05, 3.63) is 59.9 Å². The van der Waals surface area contributed by atoms with Crippen LogP contribution in [0.2, 0.25) is 0 Å². The average molecular weight is 323 g/mol. The topological polar surface area (TPSA) is 67.0 Å². The Labute approximate surface area is 141 Å². The summed E-state index contributed by atoms with van der Waals surface area (Å²) in [6.45, 7) is 0.491. The fourth-order valence-corrected chi connectivity index (χ4v) is 2.74. The highest BCUT2D eigenvalue weighted by molar-refractivity contribution is 5.83. The molecule has 0 aliphatic rings. The van der Waals surface area contributed by atoms with Gasteiger partial charge in [0.05, 0.1) is 7.11 Å². The molecule has 2 heterocycles. The van der Waals surface area contributed by atoms with Gasteiger partial charge in [-0.2, -0.15) is 0 Å². The van der Waals surface area contributed by atoms with Crippen molar-refractivity contribution in [2.24, 2.45) is 0 Å². The van der Waals surface area contributed by atoms with Crippen LogP contribution in [0.15, 0.2) is 48.8 Å². The minimum absolute atomic E-state index is 0.0608. The molecule has 124 valence electrons. The number of aromatic nitrogens is 2. The van der Waals surface area contributed by atoms with E-state index < -0.39 is 0 Å². The van der Waals surface area contributed by atoms with Gasteiger partial charge in [0.15, 0.2) is 0 Å². The molecule has 5 nitrogen and oxygen atoms in total. The predicted octanol–water partition coefficient (Wildman–Crippen LogP) is 3.21. The van der Waals surface area contributed by atoms with Crippen LogP contribution in [-0.2, 0) is 17.8 Å². The number of nitrogens with zero attached hydrogens (tertiary/aromatic N) is 1. The van der Waals surface area contributed by atoms with Crippen LogP contribution in [0.3, 0.4) is 0 Å². The van der Waals surface area contributed by atoms with E-state index in [2.05, 4.69) is 27.4 Å². The molecule has 0 atom stereocenters. The van der Waals surface area contributed by atoms with Gasteiger partial charge in [-0.05, 0) is 36.1 Å². The smallest absolute Gasteiger partial charge is 0.220 e. The number of carbonyl (C=O) groups excluding carboxylic acids is 1. The lowest BCUT2D eigenvalue weighted by atomic mass is 10.1. The second-order valence-corrected chi connectivity index (χ2v) is 5.70. The van der Waals surface area contributed by atoms with Crippen molar-refractivity contribution in [3.63, 3.8) is 0 Å². The van der Waals surface area contributed by atoms with Gasteiger partial charge in [0, 0.05) is 42.3 Å². The second-order valence-electron chi connectivity index (χ2n) is 5.70. The van der Waals surface area contributed by atoms with Crippen molar-refractivity contribution < 1.29 is 9.53 Å². The number of hydrogen-bond donors (Lipinski definition) is 2. The molecule has 2 aromatic heterocycles. The number of para-hydroxylation sites is 1. The van der Waals surface area contributed by atoms with Crippen molar-refractivity contribution in [2.45, 2.75) is 25.8 Å². The Kier molecular flexibility index (Phi) is 5.11. The number of pyridine rings is 1. The predicted molar refractivity (Wildman–Crippen MR) is 93.9 cm³/mol. The Morgan fingerprint density at radius 2 is 2.17 bits per heavy atom. The third kappa shape index (κ3) is 3.93. The minimum atomic E-state index is 0.0608. The van der Waals surface area contributed by atoms with Crippen LogP contribution in [0.4, 0.5) is 0 Å². The fraction of sp³-hybridized carbons (Fsp3) is 0.263. The quantitative estimate of drug-likeness (QED) is 0.701. The third-order valence-corrected chi connectivity index (χ3v) is 4.02. The van der Waals surface area contributed by atoms with Gasteiger partial charge in [0.2, 0.25) is 11.8 Å². The van der Waals surface area contributed by atoms with Crippen LogP contribution in [0, 0.1) is 0 Å². The number of hydrogen-bond acceptors (Lipinski definition) is 3. The lowest BCUT2D eigenvalue weighted by molar-refractivity contribution is -0.121. The molecule has 2 N–H and O–H groups in total. The first-order chi connectivity index (χ1) is 11.8. The maximum Gasteiger partial charge on any atom is 0.220 e. The maximum absolute atomic E-state index is 12.0. The molecule has 1 amide bonds. The zero-order valence-electron chi connectivity index (χ0n) is 13.7. The van der Waals surface area contributed by atoms with Gasteiger partial charge in [-0.3, -0.25) is 4.79 Å². The Balaban J connectivity index is 1.45. The molecule has 5 heteroatoms. The van der Waals surface area contributed by atoms with E-state index in [0.717, 1.165) is 23.9 Å². The van der Waals surface area contributed by atoms with Gasteiger partial charge in [0.1, 0.15) is 0 Å². The Morgan fingerprint density at radius 1 is 1.29 bits per heavy atom. The summed E-state index contributed by atoms with van der Waals surface area (Å²) < 4.78 is 5.08. The SMILES string of the molecule is COc1cc(CNC(=O)CCCc2c[nH]c3ccccc23)ccn1. The summed E-state index contributed by atoms with van der Waals surface area (Å²) >= 11 is 0. The van der Waals surface area contributed by atoms with Gasteiger partial charge < -0.3 is 15.0 Å². The Bertz CT molecular complexity index is 826. The average Bonchev–Trinajstić information content (AvgIpc) is 3.03. The number of fused-ring (bicyclic) bond motifs is 1. The Hall–Kier alpha value is -2.82. The van der Waals surface area contributed by atoms with Gasteiger partial charge >= 0.3 is 0 Å². The van der Waals surface area contributed by atoms with Gasteiger partial charge in [-0.1, -0.05) is 18.2 Å². The molecular formula is C19H21N3O2. The van der Waals surface area contributed by atoms with E-state index in [1.54, 1.807) is 13.3 Å². The minimum Gasteiger partial charge on any atom is -0.481 e. The summed E-state index contributed by atoms with van der Waals surface area (Å²) in [6.07, 6.45) is 5.94. The zero-order valence-corrected chi connectivity index (χ0v) is 13.7. The number of aryl methyl sites for hydroxylation is 1. The van der Waals surface area contributed by atoms with Crippen LogP contribution in [0.5, 0.6) is 5.88 Å². The van der Waals surface area contributed by atoms with Crippen molar-refractivity contribution >= 4 is 16.8 Å². The fourth-order valence-electron chi connectivity index (χ4n) is 2.74. The molecule has 0 aliphatic heterocycles. The van der Waals surface area contributed by atoms with Crippen LogP contribution in [-0.4, -0.2) is 23.0 Å². The number of benzene rings is 1. The molecule has 3 rings (SSSR count). The lowest BCUT2D eigenvalue weighted by Gasteiger charge is -2.06. The molecule has 0 spiro atoms. The zero-order chi connectivity index (χ0) is 16.8. The van der Waals surface area contributed by atoms with Crippen molar-refractivity contribution in [1.82, 2.24) is 15.3 Å². The van der Waals surface area contributed by atoms with Crippen molar-refractivity contribution in [2.75, 3.05) is 7.11 Å². The first-order valence-electron chi connectivity index (χ1n) is 8.07. The van der Waals surface area contributed by atoms with E-state index in [-0.39, 0.29) is 5.91 Å². The molecule has 0 aliphatic carbocycles. The number of amides is 1. The lowest BCUT2D eigenvalue weighted by Crippen LogP contribution is -2.22. The van der Waals surface area contributed by atoms with E-state index in [1.807, 2.05) is 30.5 Å². The summed E-state index contributed by atoms with van der Waals surface area (Å²) in [5.74, 6) is 0.617. The first-order valence-corrected chi connectivity index (χ1v) is 8.07. The van der Waals surface area contributed by atoms with E-state index in [9.17, 15) is 4.79 Å². The van der Waals surface area contributed by atoms with Crippen molar-refractivity contribution in [1.29, 1.82) is 0 Å². The number of aromatic amines is 1. The van der Waals surface area contributed by atoms with Crippen LogP contribution < -0.4 is 10.1 Å². The van der Waals surface area contributed by atoms with Gasteiger partial charge in [-0.15, -0.1) is 0 Å². The molecule has 0 unspecified atom stereocenters. The van der Waals surface area contributed by atoms with E-state index in [0.29, 0.717) is 18.8 Å². The largest absolute Gasteiger partial charge is 0.481 e. The number of ether oxygens (including phenoxy) is 1. The molecular weight excluding hydrogens is 302 g/mol. The van der Waals surface area contributed by atoms with Crippen LogP contribution >= 0.6 is 0 Å². The summed E-state index contributed by atoms with van der Waals surface area (Å²) in [4.78, 5) is 19.3. The standard InChI is InChI=1S/C19H21N3O2/c1-24-19-11-14(9-10-20-19)12-22-18(23)8-4-5-15-13-21-17-7-3-2-6-16(15)17/h2-3,6-7,9-11,13,21H,4-5,8,12H2,1H3,(H,22,23). The molecule has 24 heavy (non-hydrogen) atoms. The molecule has 0 bridgehead atoms. The highest BCUT2D eigenvalue weighted by Gasteiger charge is 2.06. The number of methoxy groups -OCH3 is 1.